The SMILES string of the molecule is CCOC1=CC(C(=O)N2CCC(C(=O)Nc3cccc(-c4ccccn4)c3)CC2)=C(C#N)CC1. The molecule has 0 unspecified atom stereocenters. The van der Waals surface area contributed by atoms with E-state index in [0.29, 0.717) is 56.5 Å². The molecular weight excluding hydrogens is 428 g/mol. The van der Waals surface area contributed by atoms with E-state index < -0.39 is 0 Å². The Morgan fingerprint density at radius 2 is 2.00 bits per heavy atom. The molecule has 4 rings (SSSR count). The first-order valence-corrected chi connectivity index (χ1v) is 11.7. The van der Waals surface area contributed by atoms with Crippen LogP contribution < -0.4 is 5.32 Å². The molecule has 7 nitrogen and oxygen atoms in total. The van der Waals surface area contributed by atoms with Crippen LogP contribution in [-0.2, 0) is 14.3 Å². The predicted molar refractivity (Wildman–Crippen MR) is 129 cm³/mol. The van der Waals surface area contributed by atoms with Crippen LogP contribution in [0.2, 0.25) is 0 Å². The quantitative estimate of drug-likeness (QED) is 0.692. The van der Waals surface area contributed by atoms with E-state index >= 15 is 0 Å². The number of likely N-dealkylation sites (tertiary alicyclic amines) is 1. The molecular formula is C27H28N4O3. The third kappa shape index (κ3) is 5.34. The molecule has 1 aromatic carbocycles. The summed E-state index contributed by atoms with van der Waals surface area (Å²) in [7, 11) is 0. The molecule has 1 N–H and O–H groups in total. The number of allylic oxidation sites excluding steroid dienone is 2. The Bertz CT molecular complexity index is 1160. The smallest absolute Gasteiger partial charge is 0.254 e. The first kappa shape index (κ1) is 23.2. The summed E-state index contributed by atoms with van der Waals surface area (Å²) in [5, 5.41) is 12.5. The molecule has 1 fully saturated rings. The van der Waals surface area contributed by atoms with Gasteiger partial charge < -0.3 is 15.0 Å². The highest BCUT2D eigenvalue weighted by Crippen LogP contribution is 2.28. The van der Waals surface area contributed by atoms with E-state index in [-0.39, 0.29) is 17.7 Å². The molecule has 1 saturated heterocycles. The van der Waals surface area contributed by atoms with Gasteiger partial charge in [0.2, 0.25) is 5.91 Å². The highest BCUT2D eigenvalue weighted by molar-refractivity contribution is 5.98. The largest absolute Gasteiger partial charge is 0.498 e. The maximum Gasteiger partial charge on any atom is 0.254 e. The lowest BCUT2D eigenvalue weighted by molar-refractivity contribution is -0.130. The van der Waals surface area contributed by atoms with E-state index in [0.717, 1.165) is 22.7 Å². The maximum atomic E-state index is 13.1. The minimum atomic E-state index is -0.173. The lowest BCUT2D eigenvalue weighted by Crippen LogP contribution is -2.42. The van der Waals surface area contributed by atoms with Gasteiger partial charge in [0.25, 0.3) is 5.91 Å². The molecule has 174 valence electrons. The van der Waals surface area contributed by atoms with Gasteiger partial charge in [-0.25, -0.2) is 0 Å². The Kier molecular flexibility index (Phi) is 7.38. The summed E-state index contributed by atoms with van der Waals surface area (Å²) < 4.78 is 5.58. The number of piperidine rings is 1. The molecule has 7 heteroatoms. The van der Waals surface area contributed by atoms with Crippen LogP contribution in [0.5, 0.6) is 0 Å². The van der Waals surface area contributed by atoms with Gasteiger partial charge in [-0.3, -0.25) is 14.6 Å². The van der Waals surface area contributed by atoms with Crippen molar-refractivity contribution in [3.05, 3.63) is 71.6 Å². The van der Waals surface area contributed by atoms with Crippen molar-refractivity contribution in [2.75, 3.05) is 25.0 Å². The third-order valence-electron chi connectivity index (χ3n) is 6.19. The Labute approximate surface area is 199 Å². The molecule has 1 aliphatic carbocycles. The summed E-state index contributed by atoms with van der Waals surface area (Å²) in [5.74, 6) is 0.369. The maximum absolute atomic E-state index is 13.1. The van der Waals surface area contributed by atoms with Crippen molar-refractivity contribution in [1.29, 1.82) is 5.26 Å². The van der Waals surface area contributed by atoms with Gasteiger partial charge in [0, 0.05) is 48.4 Å². The Hall–Kier alpha value is -3.92. The minimum absolute atomic E-state index is 0.0432. The molecule has 0 radical (unpaired) electrons. The van der Waals surface area contributed by atoms with E-state index in [1.807, 2.05) is 49.4 Å². The average molecular weight is 457 g/mol. The lowest BCUT2D eigenvalue weighted by Gasteiger charge is -2.32. The van der Waals surface area contributed by atoms with Crippen molar-refractivity contribution in [2.24, 2.45) is 5.92 Å². The van der Waals surface area contributed by atoms with Crippen molar-refractivity contribution in [1.82, 2.24) is 9.88 Å². The fraction of sp³-hybridized carbons (Fsp3) is 0.333. The summed E-state index contributed by atoms with van der Waals surface area (Å²) in [4.78, 5) is 32.1. The number of hydrogen-bond donors (Lipinski definition) is 1. The number of amides is 2. The first-order chi connectivity index (χ1) is 16.6. The lowest BCUT2D eigenvalue weighted by atomic mass is 9.93. The second-order valence-corrected chi connectivity index (χ2v) is 8.40. The number of carbonyl (C=O) groups is 2. The second kappa shape index (κ2) is 10.8. The monoisotopic (exact) mass is 456 g/mol. The standard InChI is InChI=1S/C27H28N4O3/c1-2-34-23-10-9-21(18-28)24(17-23)27(33)31-14-11-19(12-15-31)26(32)30-22-7-5-6-20(16-22)25-8-3-4-13-29-25/h3-8,13,16-17,19H,2,9-12,14-15H2,1H3,(H,30,32). The number of rotatable bonds is 6. The number of carbonyl (C=O) groups excluding carboxylic acids is 2. The molecule has 2 aliphatic rings. The van der Waals surface area contributed by atoms with Crippen molar-refractivity contribution in [3.8, 4) is 17.3 Å². The molecule has 1 aliphatic heterocycles. The van der Waals surface area contributed by atoms with Gasteiger partial charge in [-0.15, -0.1) is 0 Å². The van der Waals surface area contributed by atoms with Crippen LogP contribution in [0.1, 0.15) is 32.6 Å². The van der Waals surface area contributed by atoms with Crippen molar-refractivity contribution < 1.29 is 14.3 Å². The number of nitriles is 1. The number of aromatic nitrogens is 1. The van der Waals surface area contributed by atoms with E-state index in [4.69, 9.17) is 4.74 Å². The zero-order valence-corrected chi connectivity index (χ0v) is 19.3. The van der Waals surface area contributed by atoms with Crippen molar-refractivity contribution in [3.63, 3.8) is 0 Å². The number of pyridine rings is 1. The Morgan fingerprint density at radius 3 is 2.71 bits per heavy atom. The summed E-state index contributed by atoms with van der Waals surface area (Å²) in [6, 6.07) is 15.5. The number of benzene rings is 1. The molecule has 2 amide bonds. The van der Waals surface area contributed by atoms with E-state index in [2.05, 4.69) is 16.4 Å². The first-order valence-electron chi connectivity index (χ1n) is 11.7. The second-order valence-electron chi connectivity index (χ2n) is 8.40. The highest BCUT2D eigenvalue weighted by atomic mass is 16.5. The van der Waals surface area contributed by atoms with Crippen LogP contribution in [0.25, 0.3) is 11.3 Å². The Morgan fingerprint density at radius 1 is 1.18 bits per heavy atom. The summed E-state index contributed by atoms with van der Waals surface area (Å²) >= 11 is 0. The van der Waals surface area contributed by atoms with E-state index in [1.165, 1.54) is 0 Å². The molecule has 0 atom stereocenters. The predicted octanol–water partition coefficient (Wildman–Crippen LogP) is 4.46. The molecule has 0 saturated carbocycles. The number of hydrogen-bond acceptors (Lipinski definition) is 5. The van der Waals surface area contributed by atoms with Gasteiger partial charge in [-0.05, 0) is 56.5 Å². The zero-order valence-electron chi connectivity index (χ0n) is 19.3. The zero-order chi connectivity index (χ0) is 23.9. The number of ether oxygens (including phenoxy) is 1. The molecule has 1 aromatic heterocycles. The van der Waals surface area contributed by atoms with Gasteiger partial charge in [0.15, 0.2) is 0 Å². The van der Waals surface area contributed by atoms with Crippen LogP contribution in [0, 0.1) is 17.2 Å². The topological polar surface area (TPSA) is 95.3 Å². The van der Waals surface area contributed by atoms with Crippen LogP contribution in [0.3, 0.4) is 0 Å². The van der Waals surface area contributed by atoms with Crippen molar-refractivity contribution in [2.45, 2.75) is 32.6 Å². The number of nitrogens with one attached hydrogen (secondary N) is 1. The number of nitrogens with zero attached hydrogens (tertiary/aromatic N) is 3. The third-order valence-corrected chi connectivity index (χ3v) is 6.19. The van der Waals surface area contributed by atoms with E-state index in [1.54, 1.807) is 17.2 Å². The summed E-state index contributed by atoms with van der Waals surface area (Å²) in [5.41, 5.74) is 3.44. The van der Waals surface area contributed by atoms with Crippen molar-refractivity contribution >= 4 is 17.5 Å². The summed E-state index contributed by atoms with van der Waals surface area (Å²) in [6.07, 6.45) is 5.76. The van der Waals surface area contributed by atoms with Gasteiger partial charge in [0.1, 0.15) is 0 Å². The van der Waals surface area contributed by atoms with Gasteiger partial charge >= 0.3 is 0 Å². The summed E-state index contributed by atoms with van der Waals surface area (Å²) in [6.45, 7) is 3.38. The van der Waals surface area contributed by atoms with Crippen LogP contribution in [-0.4, -0.2) is 41.4 Å². The molecule has 2 aromatic rings. The fourth-order valence-electron chi connectivity index (χ4n) is 4.36. The molecule has 2 heterocycles. The van der Waals surface area contributed by atoms with Crippen LogP contribution in [0.15, 0.2) is 71.6 Å². The van der Waals surface area contributed by atoms with Crippen LogP contribution >= 0.6 is 0 Å². The van der Waals surface area contributed by atoms with E-state index in [9.17, 15) is 14.9 Å². The highest BCUT2D eigenvalue weighted by Gasteiger charge is 2.30. The number of anilines is 1. The van der Waals surface area contributed by atoms with Gasteiger partial charge in [-0.1, -0.05) is 18.2 Å². The van der Waals surface area contributed by atoms with Gasteiger partial charge in [0.05, 0.1) is 29.7 Å². The normalized spacial score (nSPS) is 16.5. The Balaban J connectivity index is 1.37. The fourth-order valence-corrected chi connectivity index (χ4v) is 4.36. The molecule has 34 heavy (non-hydrogen) atoms. The molecule has 0 spiro atoms. The van der Waals surface area contributed by atoms with Gasteiger partial charge in [-0.2, -0.15) is 5.26 Å². The van der Waals surface area contributed by atoms with Crippen LogP contribution in [0.4, 0.5) is 5.69 Å². The average Bonchev–Trinajstić information content (AvgIpc) is 2.89. The molecule has 0 bridgehead atoms. The minimum Gasteiger partial charge on any atom is -0.498 e.